The number of amides is 1. The van der Waals surface area contributed by atoms with Crippen molar-refractivity contribution < 1.29 is 9.53 Å². The lowest BCUT2D eigenvalue weighted by atomic mass is 10.1. The molecule has 1 aliphatic rings. The van der Waals surface area contributed by atoms with Crippen LogP contribution in [0.4, 0.5) is 4.79 Å². The minimum Gasteiger partial charge on any atom is -0.444 e. The van der Waals surface area contributed by atoms with E-state index in [1.165, 1.54) is 6.33 Å². The summed E-state index contributed by atoms with van der Waals surface area (Å²) in [7, 11) is 0. The molecule has 5 nitrogen and oxygen atoms in total. The monoisotopic (exact) mass is 249 g/mol. The van der Waals surface area contributed by atoms with Gasteiger partial charge in [-0.3, -0.25) is 0 Å². The van der Waals surface area contributed by atoms with E-state index in [4.69, 9.17) is 4.74 Å². The molecule has 0 N–H and O–H groups in total. The van der Waals surface area contributed by atoms with E-state index in [2.05, 4.69) is 9.97 Å². The lowest BCUT2D eigenvalue weighted by Crippen LogP contribution is -2.36. The van der Waals surface area contributed by atoms with Gasteiger partial charge in [-0.15, -0.1) is 0 Å². The molecule has 5 heteroatoms. The molecule has 2 heterocycles. The Morgan fingerprint density at radius 2 is 2.06 bits per heavy atom. The number of carbonyl (C=O) groups is 1. The van der Waals surface area contributed by atoms with E-state index >= 15 is 0 Å². The minimum absolute atomic E-state index is 0.0426. The maximum Gasteiger partial charge on any atom is 0.410 e. The summed E-state index contributed by atoms with van der Waals surface area (Å²) < 4.78 is 5.42. The third-order valence-electron chi connectivity index (χ3n) is 2.85. The van der Waals surface area contributed by atoms with Crippen molar-refractivity contribution in [1.82, 2.24) is 14.9 Å². The molecule has 0 bridgehead atoms. The van der Waals surface area contributed by atoms with E-state index in [0.717, 1.165) is 24.9 Å². The number of carbonyl (C=O) groups excluding carboxylic acids is 1. The highest BCUT2D eigenvalue weighted by atomic mass is 16.6. The van der Waals surface area contributed by atoms with Gasteiger partial charge in [-0.1, -0.05) is 0 Å². The van der Waals surface area contributed by atoms with Crippen LogP contribution in [0.25, 0.3) is 0 Å². The third kappa shape index (κ3) is 2.97. The normalized spacial score (nSPS) is 19.9. The Labute approximate surface area is 107 Å². The minimum atomic E-state index is -0.461. The van der Waals surface area contributed by atoms with Crippen LogP contribution in [0.5, 0.6) is 0 Å². The molecule has 2 rings (SSSR count). The van der Waals surface area contributed by atoms with Crippen molar-refractivity contribution in [2.75, 3.05) is 6.54 Å². The van der Waals surface area contributed by atoms with Crippen molar-refractivity contribution in [3.05, 3.63) is 24.3 Å². The quantitative estimate of drug-likeness (QED) is 0.767. The van der Waals surface area contributed by atoms with Gasteiger partial charge in [0.05, 0.1) is 6.04 Å². The van der Waals surface area contributed by atoms with Crippen LogP contribution >= 0.6 is 0 Å². The SMILES string of the molecule is CC(C)(C)OC(=O)N1CCCC1c1cncnc1. The van der Waals surface area contributed by atoms with Gasteiger partial charge in [0.25, 0.3) is 0 Å². The van der Waals surface area contributed by atoms with Gasteiger partial charge in [-0.05, 0) is 33.6 Å². The van der Waals surface area contributed by atoms with E-state index in [-0.39, 0.29) is 12.1 Å². The lowest BCUT2D eigenvalue weighted by Gasteiger charge is -2.28. The zero-order valence-corrected chi connectivity index (χ0v) is 11.1. The molecule has 18 heavy (non-hydrogen) atoms. The van der Waals surface area contributed by atoms with Gasteiger partial charge in [0.1, 0.15) is 11.9 Å². The van der Waals surface area contributed by atoms with Crippen LogP contribution in [0.3, 0.4) is 0 Å². The first-order chi connectivity index (χ1) is 8.47. The van der Waals surface area contributed by atoms with Gasteiger partial charge in [0, 0.05) is 24.5 Å². The van der Waals surface area contributed by atoms with Crippen molar-refractivity contribution in [1.29, 1.82) is 0 Å². The van der Waals surface area contributed by atoms with Gasteiger partial charge >= 0.3 is 6.09 Å². The second-order valence-corrected chi connectivity index (χ2v) is 5.50. The summed E-state index contributed by atoms with van der Waals surface area (Å²) in [6.07, 6.45) is 6.69. The maximum atomic E-state index is 12.1. The fourth-order valence-corrected chi connectivity index (χ4v) is 2.14. The first kappa shape index (κ1) is 12.8. The molecule has 0 aliphatic carbocycles. The molecule has 0 aromatic carbocycles. The average Bonchev–Trinajstić information content (AvgIpc) is 2.76. The molecule has 0 spiro atoms. The maximum absolute atomic E-state index is 12.1. The third-order valence-corrected chi connectivity index (χ3v) is 2.85. The highest BCUT2D eigenvalue weighted by Crippen LogP contribution is 2.32. The topological polar surface area (TPSA) is 55.3 Å². The smallest absolute Gasteiger partial charge is 0.410 e. The van der Waals surface area contributed by atoms with E-state index in [1.54, 1.807) is 17.3 Å². The number of hydrogen-bond acceptors (Lipinski definition) is 4. The Morgan fingerprint density at radius 1 is 1.39 bits per heavy atom. The van der Waals surface area contributed by atoms with Crippen LogP contribution in [-0.2, 0) is 4.74 Å². The molecular formula is C13H19N3O2. The van der Waals surface area contributed by atoms with Crippen molar-refractivity contribution in [2.45, 2.75) is 45.3 Å². The molecule has 1 aromatic heterocycles. The molecule has 1 aliphatic heterocycles. The average molecular weight is 249 g/mol. The summed E-state index contributed by atoms with van der Waals surface area (Å²) in [5.74, 6) is 0. The Hall–Kier alpha value is -1.65. The number of ether oxygens (including phenoxy) is 1. The van der Waals surface area contributed by atoms with Gasteiger partial charge in [0.2, 0.25) is 0 Å². The molecule has 1 aromatic rings. The Morgan fingerprint density at radius 3 is 2.67 bits per heavy atom. The lowest BCUT2D eigenvalue weighted by molar-refractivity contribution is 0.0224. The summed E-state index contributed by atoms with van der Waals surface area (Å²) >= 11 is 0. The standard InChI is InChI=1S/C13H19N3O2/c1-13(2,3)18-12(17)16-6-4-5-11(16)10-7-14-9-15-8-10/h7-9,11H,4-6H2,1-3H3. The van der Waals surface area contributed by atoms with Gasteiger partial charge in [-0.25, -0.2) is 14.8 Å². The van der Waals surface area contributed by atoms with E-state index in [1.807, 2.05) is 20.8 Å². The summed E-state index contributed by atoms with van der Waals surface area (Å²) in [6, 6.07) is 0.0426. The second kappa shape index (κ2) is 4.92. The van der Waals surface area contributed by atoms with Crippen LogP contribution < -0.4 is 0 Å². The van der Waals surface area contributed by atoms with Crippen LogP contribution in [-0.4, -0.2) is 33.1 Å². The number of hydrogen-bond donors (Lipinski definition) is 0. The van der Waals surface area contributed by atoms with E-state index < -0.39 is 5.60 Å². The zero-order chi connectivity index (χ0) is 13.2. The number of aromatic nitrogens is 2. The van der Waals surface area contributed by atoms with E-state index in [0.29, 0.717) is 0 Å². The fourth-order valence-electron chi connectivity index (χ4n) is 2.14. The van der Waals surface area contributed by atoms with Crippen LogP contribution in [0.15, 0.2) is 18.7 Å². The first-order valence-electron chi connectivity index (χ1n) is 6.22. The number of rotatable bonds is 1. The molecule has 0 radical (unpaired) electrons. The van der Waals surface area contributed by atoms with Crippen molar-refractivity contribution in [3.8, 4) is 0 Å². The molecule has 98 valence electrons. The highest BCUT2D eigenvalue weighted by molar-refractivity contribution is 5.69. The largest absolute Gasteiger partial charge is 0.444 e. The van der Waals surface area contributed by atoms with Crippen LogP contribution in [0.1, 0.15) is 45.2 Å². The summed E-state index contributed by atoms with van der Waals surface area (Å²) in [5, 5.41) is 0. The molecule has 1 unspecified atom stereocenters. The fraction of sp³-hybridized carbons (Fsp3) is 0.615. The summed E-state index contributed by atoms with van der Waals surface area (Å²) in [4.78, 5) is 21.9. The number of likely N-dealkylation sites (tertiary alicyclic amines) is 1. The predicted molar refractivity (Wildman–Crippen MR) is 66.9 cm³/mol. The highest BCUT2D eigenvalue weighted by Gasteiger charge is 2.33. The Balaban J connectivity index is 2.11. The van der Waals surface area contributed by atoms with Gasteiger partial charge in [-0.2, -0.15) is 0 Å². The van der Waals surface area contributed by atoms with Gasteiger partial charge in [0.15, 0.2) is 0 Å². The Kier molecular flexibility index (Phi) is 3.50. The van der Waals surface area contributed by atoms with Crippen molar-refractivity contribution in [2.24, 2.45) is 0 Å². The number of nitrogens with zero attached hydrogens (tertiary/aromatic N) is 3. The summed E-state index contributed by atoms with van der Waals surface area (Å²) in [6.45, 7) is 6.36. The molecule has 1 saturated heterocycles. The first-order valence-corrected chi connectivity index (χ1v) is 6.22. The van der Waals surface area contributed by atoms with Crippen molar-refractivity contribution >= 4 is 6.09 Å². The van der Waals surface area contributed by atoms with Crippen LogP contribution in [0, 0.1) is 0 Å². The molecule has 1 fully saturated rings. The predicted octanol–water partition coefficient (Wildman–Crippen LogP) is 2.55. The molecule has 0 saturated carbocycles. The van der Waals surface area contributed by atoms with Gasteiger partial charge < -0.3 is 9.64 Å². The summed E-state index contributed by atoms with van der Waals surface area (Å²) in [5.41, 5.74) is 0.512. The van der Waals surface area contributed by atoms with Crippen molar-refractivity contribution in [3.63, 3.8) is 0 Å². The molecular weight excluding hydrogens is 230 g/mol. The molecule has 1 amide bonds. The second-order valence-electron chi connectivity index (χ2n) is 5.50. The van der Waals surface area contributed by atoms with E-state index in [9.17, 15) is 4.79 Å². The zero-order valence-electron chi connectivity index (χ0n) is 11.1. The Bertz CT molecular complexity index is 414. The van der Waals surface area contributed by atoms with Crippen LogP contribution in [0.2, 0.25) is 0 Å². The molecule has 1 atom stereocenters.